The van der Waals surface area contributed by atoms with Gasteiger partial charge in [-0.1, -0.05) is 198 Å². The predicted molar refractivity (Wildman–Crippen MR) is 315 cm³/mol. The Hall–Kier alpha value is -4.90. The molecule has 3 atom stereocenters. The molecule has 0 radical (unpaired) electrons. The number of carbonyl (C=O) groups is 3. The van der Waals surface area contributed by atoms with E-state index in [0.717, 1.165) is 128 Å². The van der Waals surface area contributed by atoms with Crippen molar-refractivity contribution < 1.29 is 52.2 Å². The summed E-state index contributed by atoms with van der Waals surface area (Å²) in [5.74, 6) is -1.64. The molecular weight excluding hydrogens is 976 g/mol. The van der Waals surface area contributed by atoms with Crippen molar-refractivity contribution in [3.63, 3.8) is 0 Å². The van der Waals surface area contributed by atoms with Crippen LogP contribution in [-0.2, 0) is 42.2 Å². The maximum atomic E-state index is 12.9. The molecule has 0 aliphatic rings. The zero-order valence-electron chi connectivity index (χ0n) is 46.9. The lowest BCUT2D eigenvalue weighted by atomic mass is 10.1. The first kappa shape index (κ1) is 71.1. The Balaban J connectivity index is 4.92. The first-order valence-corrected chi connectivity index (χ1v) is 29.9. The molecule has 2 N–H and O–H groups in total. The first-order valence-electron chi connectivity index (χ1n) is 28.4. The summed E-state index contributed by atoms with van der Waals surface area (Å²) in [6.45, 7) is 4.12. The Bertz CT molecular complexity index is 1880. The predicted octanol–water partition coefficient (Wildman–Crippen LogP) is 16.9. The number of unbranched alkanes of at least 4 members (excludes halogenated alkanes) is 7. The molecule has 0 heterocycles. The lowest BCUT2D eigenvalue weighted by Gasteiger charge is -2.21. The van der Waals surface area contributed by atoms with Crippen molar-refractivity contribution in [1.82, 2.24) is 0 Å². The molecule has 0 saturated heterocycles. The largest absolute Gasteiger partial charge is 0.472 e. The van der Waals surface area contributed by atoms with Crippen LogP contribution in [-0.4, -0.2) is 66.5 Å². The Labute approximate surface area is 460 Å². The monoisotopic (exact) mass is 1070 g/mol. The number of carbonyl (C=O) groups excluding carboxylic acids is 3. The topological polar surface area (TPSA) is 155 Å². The highest BCUT2D eigenvalue weighted by Gasteiger charge is 2.28. The molecule has 76 heavy (non-hydrogen) atoms. The number of ether oxygens (including phenoxy) is 3. The fourth-order valence-electron chi connectivity index (χ4n) is 6.74. The standard InChI is InChI=1S/C64H99O11P/c1-4-7-10-13-16-19-22-25-27-29-30-32-33-36-38-41-44-47-50-53-62(66)71-57-61(75-64(68)55-52-49-46-43-40-37-34-31-28-26-23-20-17-14-11-8-5-2)59-73-76(69,70)72-58-60(56-65)74-63(67)54-51-48-45-42-39-35-24-21-18-15-12-9-6-3/h7-12,16-21,25-28,30,32,34-39,45,48,60-61,65H,4-6,13-15,22-24,29,31,33,40-44,46-47,49-59H2,1-3H3,(H,69,70)/b10-7-,11-8-,12-9-,19-16-,20-17-,21-18-,27-25-,28-26-,32-30-,37-34-,38-36-,39-35-,48-45-. The van der Waals surface area contributed by atoms with Crippen LogP contribution in [0.1, 0.15) is 188 Å². The maximum Gasteiger partial charge on any atom is 0.472 e. The van der Waals surface area contributed by atoms with E-state index in [4.69, 9.17) is 23.3 Å². The van der Waals surface area contributed by atoms with Crippen molar-refractivity contribution in [2.45, 2.75) is 200 Å². The fraction of sp³-hybridized carbons (Fsp3) is 0.547. The molecule has 0 aromatic heterocycles. The second-order valence-electron chi connectivity index (χ2n) is 18.0. The van der Waals surface area contributed by atoms with Gasteiger partial charge in [-0.15, -0.1) is 0 Å². The summed E-state index contributed by atoms with van der Waals surface area (Å²) in [6.07, 6.45) is 73.6. The second-order valence-corrected chi connectivity index (χ2v) is 19.4. The number of aliphatic hydroxyl groups excluding tert-OH is 1. The smallest absolute Gasteiger partial charge is 0.462 e. The van der Waals surface area contributed by atoms with Gasteiger partial charge < -0.3 is 24.2 Å². The fourth-order valence-corrected chi connectivity index (χ4v) is 7.52. The molecule has 426 valence electrons. The summed E-state index contributed by atoms with van der Waals surface area (Å²) in [4.78, 5) is 48.5. The molecule has 0 bridgehead atoms. The Kier molecular flexibility index (Phi) is 52.7. The molecule has 0 aliphatic heterocycles. The van der Waals surface area contributed by atoms with E-state index in [2.05, 4.69) is 161 Å². The molecule has 0 spiro atoms. The van der Waals surface area contributed by atoms with E-state index >= 15 is 0 Å². The van der Waals surface area contributed by atoms with Crippen LogP contribution in [0.25, 0.3) is 0 Å². The van der Waals surface area contributed by atoms with Crippen LogP contribution in [0.15, 0.2) is 158 Å². The zero-order valence-corrected chi connectivity index (χ0v) is 47.8. The number of hydrogen-bond acceptors (Lipinski definition) is 10. The number of esters is 3. The van der Waals surface area contributed by atoms with Gasteiger partial charge in [-0.05, 0) is 128 Å². The number of phosphoric acid groups is 1. The summed E-state index contributed by atoms with van der Waals surface area (Å²) >= 11 is 0. The number of phosphoric ester groups is 1. The highest BCUT2D eigenvalue weighted by atomic mass is 31.2. The van der Waals surface area contributed by atoms with Crippen LogP contribution in [0, 0.1) is 0 Å². The summed E-state index contributed by atoms with van der Waals surface area (Å²) in [5, 5.41) is 9.79. The van der Waals surface area contributed by atoms with Crippen LogP contribution in [0.5, 0.6) is 0 Å². The highest BCUT2D eigenvalue weighted by molar-refractivity contribution is 7.47. The summed E-state index contributed by atoms with van der Waals surface area (Å²) in [5.41, 5.74) is 0. The van der Waals surface area contributed by atoms with Gasteiger partial charge in [0, 0.05) is 19.3 Å². The van der Waals surface area contributed by atoms with Crippen LogP contribution in [0.2, 0.25) is 0 Å². The lowest BCUT2D eigenvalue weighted by molar-refractivity contribution is -0.161. The van der Waals surface area contributed by atoms with Gasteiger partial charge in [0.25, 0.3) is 0 Å². The molecule has 0 aliphatic carbocycles. The Morgan fingerprint density at radius 1 is 0.368 bits per heavy atom. The van der Waals surface area contributed by atoms with Crippen molar-refractivity contribution >= 4 is 25.7 Å². The minimum absolute atomic E-state index is 0.0426. The lowest BCUT2D eigenvalue weighted by Crippen LogP contribution is -2.30. The van der Waals surface area contributed by atoms with Crippen LogP contribution in [0.3, 0.4) is 0 Å². The van der Waals surface area contributed by atoms with Crippen molar-refractivity contribution in [2.24, 2.45) is 0 Å². The SMILES string of the molecule is CC/C=C\C/C=C\C/C=C\C/C=C\C/C=C\CCCCCC(=O)OCC(COP(=O)(O)OCC(CO)OC(=O)CC/C=C\C/C=C\C/C=C\C/C=C\CC)OC(=O)CCCCCC/C=C\C/C=C\C/C=C\C/C=C\CC. The minimum atomic E-state index is -4.79. The van der Waals surface area contributed by atoms with Gasteiger partial charge >= 0.3 is 25.7 Å². The average Bonchev–Trinajstić information content (AvgIpc) is 3.41. The highest BCUT2D eigenvalue weighted by Crippen LogP contribution is 2.43. The third-order valence-electron chi connectivity index (χ3n) is 10.9. The number of aliphatic hydroxyl groups is 1. The van der Waals surface area contributed by atoms with Crippen LogP contribution < -0.4 is 0 Å². The average molecular weight is 1080 g/mol. The van der Waals surface area contributed by atoms with Gasteiger partial charge in [0.15, 0.2) is 6.10 Å². The van der Waals surface area contributed by atoms with E-state index in [-0.39, 0.29) is 25.9 Å². The molecule has 0 amide bonds. The van der Waals surface area contributed by atoms with E-state index in [9.17, 15) is 28.9 Å². The van der Waals surface area contributed by atoms with Crippen LogP contribution >= 0.6 is 7.82 Å². The van der Waals surface area contributed by atoms with Gasteiger partial charge in [0.05, 0.1) is 19.8 Å². The maximum absolute atomic E-state index is 12.9. The molecule has 0 rings (SSSR count). The van der Waals surface area contributed by atoms with Gasteiger partial charge in [-0.25, -0.2) is 4.57 Å². The van der Waals surface area contributed by atoms with Gasteiger partial charge in [0.1, 0.15) is 12.7 Å². The third kappa shape index (κ3) is 53.9. The van der Waals surface area contributed by atoms with Crippen LogP contribution in [0.4, 0.5) is 0 Å². The number of rotatable bonds is 50. The van der Waals surface area contributed by atoms with E-state index < -0.39 is 57.8 Å². The minimum Gasteiger partial charge on any atom is -0.462 e. The number of hydrogen-bond donors (Lipinski definition) is 2. The molecule has 11 nitrogen and oxygen atoms in total. The molecule has 0 saturated carbocycles. The molecule has 3 unspecified atom stereocenters. The van der Waals surface area contributed by atoms with Gasteiger partial charge in [-0.2, -0.15) is 0 Å². The van der Waals surface area contributed by atoms with Crippen molar-refractivity contribution in [2.75, 3.05) is 26.4 Å². The van der Waals surface area contributed by atoms with Crippen molar-refractivity contribution in [3.05, 3.63) is 158 Å². The van der Waals surface area contributed by atoms with E-state index in [1.807, 2.05) is 18.2 Å². The van der Waals surface area contributed by atoms with Gasteiger partial charge in [0.2, 0.25) is 0 Å². The molecule has 0 aromatic rings. The summed E-state index contributed by atoms with van der Waals surface area (Å²) < 4.78 is 39.4. The van der Waals surface area contributed by atoms with Gasteiger partial charge in [-0.3, -0.25) is 23.4 Å². The van der Waals surface area contributed by atoms with Crippen molar-refractivity contribution in [3.8, 4) is 0 Å². The molecule has 0 aromatic carbocycles. The second kappa shape index (κ2) is 56.3. The Morgan fingerprint density at radius 3 is 1.07 bits per heavy atom. The van der Waals surface area contributed by atoms with E-state index in [1.54, 1.807) is 0 Å². The zero-order chi connectivity index (χ0) is 55.5. The summed E-state index contributed by atoms with van der Waals surface area (Å²) in [7, 11) is -4.79. The number of allylic oxidation sites excluding steroid dienone is 26. The quantitative estimate of drug-likeness (QED) is 0.0197. The molecular formula is C64H99O11P. The summed E-state index contributed by atoms with van der Waals surface area (Å²) in [6, 6.07) is 0. The third-order valence-corrected chi connectivity index (χ3v) is 11.9. The van der Waals surface area contributed by atoms with E-state index in [1.165, 1.54) is 0 Å². The normalized spacial score (nSPS) is 14.5. The Morgan fingerprint density at radius 2 is 0.671 bits per heavy atom. The molecule has 0 fully saturated rings. The van der Waals surface area contributed by atoms with E-state index in [0.29, 0.717) is 19.3 Å². The first-order chi connectivity index (χ1) is 37.2. The van der Waals surface area contributed by atoms with Crippen molar-refractivity contribution in [1.29, 1.82) is 0 Å². The molecule has 12 heteroatoms.